The van der Waals surface area contributed by atoms with Gasteiger partial charge in [0.05, 0.1) is 12.0 Å². The molecule has 4 N–H and O–H groups in total. The van der Waals surface area contributed by atoms with Crippen molar-refractivity contribution in [3.05, 3.63) is 29.8 Å². The molecule has 0 aliphatic carbocycles. The molecule has 9 heteroatoms. The first-order valence-corrected chi connectivity index (χ1v) is 13.9. The molecule has 1 rings (SSSR count). The summed E-state index contributed by atoms with van der Waals surface area (Å²) in [5, 5.41) is 5.92. The minimum Gasteiger partial charge on any atom is -0.375 e. The summed E-state index contributed by atoms with van der Waals surface area (Å²) in [6.07, 6.45) is 4.65. The molecular formula is C30H47N3O6. The van der Waals surface area contributed by atoms with Crippen LogP contribution in [0.5, 0.6) is 0 Å². The van der Waals surface area contributed by atoms with Crippen LogP contribution in [-0.4, -0.2) is 47.0 Å². The lowest BCUT2D eigenvalue weighted by Gasteiger charge is -2.33. The van der Waals surface area contributed by atoms with Gasteiger partial charge in [0, 0.05) is 43.5 Å². The second-order valence-corrected chi connectivity index (χ2v) is 10.8. The number of carbonyl (C=O) groups is 5. The molecule has 0 saturated carbocycles. The van der Waals surface area contributed by atoms with Gasteiger partial charge >= 0.3 is 0 Å². The van der Waals surface area contributed by atoms with Gasteiger partial charge in [-0.2, -0.15) is 0 Å². The lowest BCUT2D eigenvalue weighted by atomic mass is 9.93. The number of hydrogen-bond acceptors (Lipinski definition) is 6. The molecule has 39 heavy (non-hydrogen) atoms. The van der Waals surface area contributed by atoms with Crippen molar-refractivity contribution in [2.24, 2.45) is 5.73 Å². The van der Waals surface area contributed by atoms with Crippen molar-refractivity contribution in [2.45, 2.75) is 116 Å². The lowest BCUT2D eigenvalue weighted by Crippen LogP contribution is -2.46. The van der Waals surface area contributed by atoms with Gasteiger partial charge in [0.2, 0.25) is 17.7 Å². The van der Waals surface area contributed by atoms with Crippen molar-refractivity contribution < 1.29 is 28.7 Å². The van der Waals surface area contributed by atoms with Crippen molar-refractivity contribution in [3.8, 4) is 0 Å². The summed E-state index contributed by atoms with van der Waals surface area (Å²) in [5.41, 5.74) is 6.01. The molecule has 0 fully saturated rings. The van der Waals surface area contributed by atoms with Crippen LogP contribution in [0.1, 0.15) is 104 Å². The number of nitrogens with two attached hydrogens (primary N) is 1. The predicted octanol–water partition coefficient (Wildman–Crippen LogP) is 4.40. The van der Waals surface area contributed by atoms with Crippen molar-refractivity contribution in [1.82, 2.24) is 5.32 Å². The van der Waals surface area contributed by atoms with E-state index in [2.05, 4.69) is 10.6 Å². The number of nitrogens with one attached hydrogen (secondary N) is 2. The second kappa shape index (κ2) is 16.8. The van der Waals surface area contributed by atoms with E-state index in [1.807, 2.05) is 39.8 Å². The zero-order valence-corrected chi connectivity index (χ0v) is 24.3. The maximum absolute atomic E-state index is 12.6. The molecule has 9 nitrogen and oxygen atoms in total. The van der Waals surface area contributed by atoms with Gasteiger partial charge in [-0.3, -0.25) is 24.0 Å². The minimum atomic E-state index is -0.434. The van der Waals surface area contributed by atoms with Gasteiger partial charge in [0.15, 0.2) is 0 Å². The average molecular weight is 546 g/mol. The molecule has 0 aliphatic heterocycles. The second-order valence-electron chi connectivity index (χ2n) is 10.8. The minimum absolute atomic E-state index is 0.0314. The van der Waals surface area contributed by atoms with E-state index in [1.165, 1.54) is 6.92 Å². The molecule has 218 valence electrons. The summed E-state index contributed by atoms with van der Waals surface area (Å²) in [7, 11) is 0. The predicted molar refractivity (Wildman–Crippen MR) is 152 cm³/mol. The van der Waals surface area contributed by atoms with Crippen LogP contribution in [0.3, 0.4) is 0 Å². The largest absolute Gasteiger partial charge is 0.375 e. The fourth-order valence-corrected chi connectivity index (χ4v) is 4.03. The SMILES string of the molecule is CCC(C)(CCOC(C)(CC)CCC(N)=O)NC(=O)CCCC(=O)Nc1ccc(CCC(=O)CC(C)=O)cc1. The first-order chi connectivity index (χ1) is 18.3. The molecule has 3 amide bonds. The quantitative estimate of drug-likeness (QED) is 0.207. The number of ether oxygens (including phenoxy) is 1. The number of carbonyl (C=O) groups excluding carboxylic acids is 5. The summed E-state index contributed by atoms with van der Waals surface area (Å²) in [6.45, 7) is 9.82. The highest BCUT2D eigenvalue weighted by Gasteiger charge is 2.28. The van der Waals surface area contributed by atoms with Crippen LogP contribution in [0, 0.1) is 0 Å². The number of anilines is 1. The van der Waals surface area contributed by atoms with Crippen LogP contribution in [-0.2, 0) is 35.1 Å². The standard InChI is InChI=1S/C30H47N3O6/c1-6-29(4,19-20-39-30(5,7-2)18-17-26(31)36)33-28(38)10-8-9-27(37)32-24-14-11-23(12-15-24)13-16-25(35)21-22(3)34/h11-12,14-15H,6-10,13,16-21H2,1-5H3,(H2,31,36)(H,32,37)(H,33,38). The average Bonchev–Trinajstić information content (AvgIpc) is 2.86. The first-order valence-electron chi connectivity index (χ1n) is 13.9. The monoisotopic (exact) mass is 545 g/mol. The third-order valence-electron chi connectivity index (χ3n) is 7.16. The molecule has 0 radical (unpaired) electrons. The Bertz CT molecular complexity index is 977. The van der Waals surface area contributed by atoms with Gasteiger partial charge in [-0.1, -0.05) is 26.0 Å². The topological polar surface area (TPSA) is 145 Å². The van der Waals surface area contributed by atoms with Crippen LogP contribution in [0.15, 0.2) is 24.3 Å². The number of primary amides is 1. The summed E-state index contributed by atoms with van der Waals surface area (Å²) in [5.74, 6) is -0.832. The van der Waals surface area contributed by atoms with Crippen LogP contribution >= 0.6 is 0 Å². The number of aryl methyl sites for hydroxylation is 1. The summed E-state index contributed by atoms with van der Waals surface area (Å²) < 4.78 is 6.08. The highest BCUT2D eigenvalue weighted by atomic mass is 16.5. The Morgan fingerprint density at radius 3 is 2.08 bits per heavy atom. The molecule has 1 aromatic rings. The third-order valence-corrected chi connectivity index (χ3v) is 7.16. The molecule has 0 bridgehead atoms. The smallest absolute Gasteiger partial charge is 0.224 e. The fourth-order valence-electron chi connectivity index (χ4n) is 4.03. The zero-order chi connectivity index (χ0) is 29.5. The molecular weight excluding hydrogens is 498 g/mol. The van der Waals surface area contributed by atoms with Crippen molar-refractivity contribution in [2.75, 3.05) is 11.9 Å². The Hall–Kier alpha value is -3.07. The van der Waals surface area contributed by atoms with Gasteiger partial charge < -0.3 is 21.1 Å². The number of amides is 3. The Balaban J connectivity index is 2.40. The number of Topliss-reactive ketones (excluding diaryl/α,β-unsaturated/α-hetero) is 2. The van der Waals surface area contributed by atoms with Crippen LogP contribution < -0.4 is 16.4 Å². The molecule has 0 heterocycles. The normalized spacial score (nSPS) is 14.1. The van der Waals surface area contributed by atoms with Gasteiger partial charge in [0.25, 0.3) is 0 Å². The van der Waals surface area contributed by atoms with E-state index >= 15 is 0 Å². The van der Waals surface area contributed by atoms with E-state index in [1.54, 1.807) is 12.1 Å². The number of rotatable bonds is 20. The third kappa shape index (κ3) is 14.6. The van der Waals surface area contributed by atoms with E-state index in [-0.39, 0.29) is 55.0 Å². The Kier molecular flexibility index (Phi) is 14.6. The summed E-state index contributed by atoms with van der Waals surface area (Å²) >= 11 is 0. The highest BCUT2D eigenvalue weighted by molar-refractivity contribution is 5.98. The van der Waals surface area contributed by atoms with Crippen molar-refractivity contribution >= 4 is 35.0 Å². The molecule has 0 aliphatic rings. The molecule has 2 unspecified atom stereocenters. The van der Waals surface area contributed by atoms with E-state index < -0.39 is 11.1 Å². The number of hydrogen-bond donors (Lipinski definition) is 3. The zero-order valence-electron chi connectivity index (χ0n) is 24.3. The first kappa shape index (κ1) is 34.0. The summed E-state index contributed by atoms with van der Waals surface area (Å²) in [4.78, 5) is 58.8. The van der Waals surface area contributed by atoms with Crippen molar-refractivity contribution in [3.63, 3.8) is 0 Å². The van der Waals surface area contributed by atoms with E-state index in [4.69, 9.17) is 10.5 Å². The van der Waals surface area contributed by atoms with Crippen molar-refractivity contribution in [1.29, 1.82) is 0 Å². The molecule has 2 atom stereocenters. The summed E-state index contributed by atoms with van der Waals surface area (Å²) in [6, 6.07) is 7.25. The maximum Gasteiger partial charge on any atom is 0.224 e. The molecule has 0 aromatic heterocycles. The van der Waals surface area contributed by atoms with Gasteiger partial charge in [-0.05, 0) is 77.0 Å². The van der Waals surface area contributed by atoms with Crippen LogP contribution in [0.25, 0.3) is 0 Å². The molecule has 1 aromatic carbocycles. The number of benzene rings is 1. The number of ketones is 2. The fraction of sp³-hybridized carbons (Fsp3) is 0.633. The van der Waals surface area contributed by atoms with Crippen LogP contribution in [0.2, 0.25) is 0 Å². The van der Waals surface area contributed by atoms with E-state index in [0.717, 1.165) is 18.4 Å². The highest BCUT2D eigenvalue weighted by Crippen LogP contribution is 2.24. The van der Waals surface area contributed by atoms with Crippen LogP contribution in [0.4, 0.5) is 5.69 Å². The van der Waals surface area contributed by atoms with Gasteiger partial charge in [-0.15, -0.1) is 0 Å². The Morgan fingerprint density at radius 2 is 1.51 bits per heavy atom. The molecule has 0 spiro atoms. The maximum atomic E-state index is 12.6. The molecule has 0 saturated heterocycles. The van der Waals surface area contributed by atoms with Gasteiger partial charge in [0.1, 0.15) is 11.6 Å². The van der Waals surface area contributed by atoms with E-state index in [0.29, 0.717) is 44.4 Å². The lowest BCUT2D eigenvalue weighted by molar-refractivity contribution is -0.126. The Morgan fingerprint density at radius 1 is 0.872 bits per heavy atom. The van der Waals surface area contributed by atoms with Gasteiger partial charge in [-0.25, -0.2) is 0 Å². The Labute approximate surface area is 233 Å². The van der Waals surface area contributed by atoms with E-state index in [9.17, 15) is 24.0 Å².